The van der Waals surface area contributed by atoms with Gasteiger partial charge in [0.05, 0.1) is 6.61 Å². The van der Waals surface area contributed by atoms with Gasteiger partial charge in [-0.25, -0.2) is 0 Å². The lowest BCUT2D eigenvalue weighted by molar-refractivity contribution is -0.139. The second-order valence-corrected chi connectivity index (χ2v) is 5.31. The normalized spacial score (nSPS) is 17.3. The maximum absolute atomic E-state index is 11.4. The summed E-state index contributed by atoms with van der Waals surface area (Å²) in [4.78, 5) is 11.4. The SMILES string of the molecule is O=C1OCCC1NCc1ccc(OCc2ccccc2)cc1. The van der Waals surface area contributed by atoms with Crippen molar-refractivity contribution in [2.75, 3.05) is 6.61 Å². The highest BCUT2D eigenvalue weighted by Gasteiger charge is 2.25. The zero-order valence-corrected chi connectivity index (χ0v) is 12.3. The summed E-state index contributed by atoms with van der Waals surface area (Å²) in [7, 11) is 0. The summed E-state index contributed by atoms with van der Waals surface area (Å²) in [6, 6.07) is 17.8. The summed E-state index contributed by atoms with van der Waals surface area (Å²) in [5.74, 6) is 0.690. The minimum atomic E-state index is -0.172. The van der Waals surface area contributed by atoms with Crippen LogP contribution in [0.15, 0.2) is 54.6 Å². The molecule has 2 aromatic carbocycles. The van der Waals surface area contributed by atoms with Crippen LogP contribution in [0.4, 0.5) is 0 Å². The van der Waals surface area contributed by atoms with Crippen molar-refractivity contribution in [2.45, 2.75) is 25.6 Å². The molecule has 0 radical (unpaired) electrons. The number of carbonyl (C=O) groups excluding carboxylic acids is 1. The number of benzene rings is 2. The molecule has 0 saturated carbocycles. The molecule has 0 amide bonds. The summed E-state index contributed by atoms with van der Waals surface area (Å²) >= 11 is 0. The average molecular weight is 297 g/mol. The Morgan fingerprint density at radius 2 is 1.82 bits per heavy atom. The van der Waals surface area contributed by atoms with Crippen molar-refractivity contribution in [2.24, 2.45) is 0 Å². The van der Waals surface area contributed by atoms with Crippen LogP contribution in [0.2, 0.25) is 0 Å². The Morgan fingerprint density at radius 3 is 2.50 bits per heavy atom. The van der Waals surface area contributed by atoms with Crippen molar-refractivity contribution in [1.29, 1.82) is 0 Å². The minimum Gasteiger partial charge on any atom is -0.489 e. The highest BCUT2D eigenvalue weighted by Crippen LogP contribution is 2.15. The molecule has 3 rings (SSSR count). The zero-order chi connectivity index (χ0) is 15.2. The standard InChI is InChI=1S/C18H19NO3/c20-18-17(10-11-21-18)19-12-14-6-8-16(9-7-14)22-13-15-4-2-1-3-5-15/h1-9,17,19H,10-13H2. The number of cyclic esters (lactones) is 1. The number of nitrogens with one attached hydrogen (secondary N) is 1. The third kappa shape index (κ3) is 3.86. The molecular formula is C18H19NO3. The molecule has 1 saturated heterocycles. The molecule has 1 atom stereocenters. The molecule has 4 nitrogen and oxygen atoms in total. The number of rotatable bonds is 6. The van der Waals surface area contributed by atoms with Crippen LogP contribution in [0, 0.1) is 0 Å². The molecule has 1 aliphatic heterocycles. The molecule has 2 aromatic rings. The van der Waals surface area contributed by atoms with E-state index in [2.05, 4.69) is 5.32 Å². The van der Waals surface area contributed by atoms with E-state index in [-0.39, 0.29) is 12.0 Å². The van der Waals surface area contributed by atoms with Gasteiger partial charge in [-0.1, -0.05) is 42.5 Å². The molecule has 1 unspecified atom stereocenters. The smallest absolute Gasteiger partial charge is 0.323 e. The van der Waals surface area contributed by atoms with E-state index < -0.39 is 0 Å². The van der Waals surface area contributed by atoms with Gasteiger partial charge in [-0.2, -0.15) is 0 Å². The number of ether oxygens (including phenoxy) is 2. The Morgan fingerprint density at radius 1 is 1.05 bits per heavy atom. The minimum absolute atomic E-state index is 0.150. The van der Waals surface area contributed by atoms with Gasteiger partial charge in [0, 0.05) is 13.0 Å². The average Bonchev–Trinajstić information content (AvgIpc) is 2.98. The third-order valence-electron chi connectivity index (χ3n) is 3.66. The van der Waals surface area contributed by atoms with Gasteiger partial charge in [-0.05, 0) is 23.3 Å². The lowest BCUT2D eigenvalue weighted by atomic mass is 10.2. The van der Waals surface area contributed by atoms with E-state index >= 15 is 0 Å². The molecule has 1 heterocycles. The van der Waals surface area contributed by atoms with Crippen molar-refractivity contribution in [3.63, 3.8) is 0 Å². The molecule has 0 bridgehead atoms. The molecule has 4 heteroatoms. The van der Waals surface area contributed by atoms with Crippen LogP contribution < -0.4 is 10.1 Å². The second-order valence-electron chi connectivity index (χ2n) is 5.31. The Labute approximate surface area is 130 Å². The van der Waals surface area contributed by atoms with E-state index in [0.717, 1.165) is 23.3 Å². The first kappa shape index (κ1) is 14.6. The molecule has 0 aromatic heterocycles. The van der Waals surface area contributed by atoms with E-state index in [1.165, 1.54) is 0 Å². The summed E-state index contributed by atoms with van der Waals surface area (Å²) < 4.78 is 10.7. The van der Waals surface area contributed by atoms with Crippen molar-refractivity contribution in [3.05, 3.63) is 65.7 Å². The number of hydrogen-bond acceptors (Lipinski definition) is 4. The van der Waals surface area contributed by atoms with Gasteiger partial charge in [-0.3, -0.25) is 4.79 Å². The fraction of sp³-hybridized carbons (Fsp3) is 0.278. The molecular weight excluding hydrogens is 278 g/mol. The Balaban J connectivity index is 1.48. The Kier molecular flexibility index (Phi) is 4.71. The van der Waals surface area contributed by atoms with Gasteiger partial charge in [0.2, 0.25) is 0 Å². The fourth-order valence-corrected chi connectivity index (χ4v) is 2.37. The summed E-state index contributed by atoms with van der Waals surface area (Å²) in [5.41, 5.74) is 2.26. The molecule has 1 N–H and O–H groups in total. The topological polar surface area (TPSA) is 47.6 Å². The van der Waals surface area contributed by atoms with Gasteiger partial charge in [0.15, 0.2) is 0 Å². The molecule has 0 aliphatic carbocycles. The molecule has 1 fully saturated rings. The maximum Gasteiger partial charge on any atom is 0.323 e. The zero-order valence-electron chi connectivity index (χ0n) is 12.3. The molecule has 0 spiro atoms. The monoisotopic (exact) mass is 297 g/mol. The highest BCUT2D eigenvalue weighted by molar-refractivity contribution is 5.77. The number of hydrogen-bond donors (Lipinski definition) is 1. The number of carbonyl (C=O) groups is 1. The van der Waals surface area contributed by atoms with E-state index in [1.54, 1.807) is 0 Å². The van der Waals surface area contributed by atoms with Gasteiger partial charge in [0.25, 0.3) is 0 Å². The first-order valence-corrected chi connectivity index (χ1v) is 7.47. The van der Waals surface area contributed by atoms with E-state index in [9.17, 15) is 4.79 Å². The Bertz CT molecular complexity index is 610. The van der Waals surface area contributed by atoms with Crippen LogP contribution in [-0.2, 0) is 22.7 Å². The molecule has 22 heavy (non-hydrogen) atoms. The van der Waals surface area contributed by atoms with E-state index in [4.69, 9.17) is 9.47 Å². The lowest BCUT2D eigenvalue weighted by Crippen LogP contribution is -2.32. The fourth-order valence-electron chi connectivity index (χ4n) is 2.37. The van der Waals surface area contributed by atoms with Crippen LogP contribution in [0.25, 0.3) is 0 Å². The third-order valence-corrected chi connectivity index (χ3v) is 3.66. The second kappa shape index (κ2) is 7.09. The predicted octanol–water partition coefficient (Wildman–Crippen LogP) is 2.67. The quantitative estimate of drug-likeness (QED) is 0.833. The van der Waals surface area contributed by atoms with Gasteiger partial charge in [0.1, 0.15) is 18.4 Å². The number of esters is 1. The van der Waals surface area contributed by atoms with E-state index in [1.807, 2.05) is 54.6 Å². The van der Waals surface area contributed by atoms with Crippen LogP contribution in [0.1, 0.15) is 17.5 Å². The highest BCUT2D eigenvalue weighted by atomic mass is 16.5. The van der Waals surface area contributed by atoms with Gasteiger partial charge in [-0.15, -0.1) is 0 Å². The van der Waals surface area contributed by atoms with Crippen molar-refractivity contribution in [3.8, 4) is 5.75 Å². The first-order chi connectivity index (χ1) is 10.8. The first-order valence-electron chi connectivity index (χ1n) is 7.47. The van der Waals surface area contributed by atoms with Crippen molar-refractivity contribution < 1.29 is 14.3 Å². The Hall–Kier alpha value is -2.33. The predicted molar refractivity (Wildman–Crippen MR) is 83.4 cm³/mol. The van der Waals surface area contributed by atoms with E-state index in [0.29, 0.717) is 19.8 Å². The maximum atomic E-state index is 11.4. The lowest BCUT2D eigenvalue weighted by Gasteiger charge is -2.10. The van der Waals surface area contributed by atoms with Crippen LogP contribution in [-0.4, -0.2) is 18.6 Å². The van der Waals surface area contributed by atoms with Gasteiger partial charge >= 0.3 is 5.97 Å². The van der Waals surface area contributed by atoms with Crippen LogP contribution in [0.5, 0.6) is 5.75 Å². The van der Waals surface area contributed by atoms with Gasteiger partial charge < -0.3 is 14.8 Å². The van der Waals surface area contributed by atoms with Crippen molar-refractivity contribution >= 4 is 5.97 Å². The summed E-state index contributed by atoms with van der Waals surface area (Å²) in [6.07, 6.45) is 0.747. The molecule has 114 valence electrons. The van der Waals surface area contributed by atoms with Crippen molar-refractivity contribution in [1.82, 2.24) is 5.32 Å². The van der Waals surface area contributed by atoms with Crippen LogP contribution >= 0.6 is 0 Å². The summed E-state index contributed by atoms with van der Waals surface area (Å²) in [5, 5.41) is 3.21. The largest absolute Gasteiger partial charge is 0.489 e. The molecule has 1 aliphatic rings. The summed E-state index contributed by atoms with van der Waals surface area (Å²) in [6.45, 7) is 1.73. The van der Waals surface area contributed by atoms with Crippen LogP contribution in [0.3, 0.4) is 0 Å².